The molecule has 0 radical (unpaired) electrons. The van der Waals surface area contributed by atoms with Crippen molar-refractivity contribution in [3.05, 3.63) is 200 Å². The number of imidazole rings is 2. The lowest BCUT2D eigenvalue weighted by Gasteiger charge is -2.10. The van der Waals surface area contributed by atoms with Gasteiger partial charge in [-0.1, -0.05) is 97.1 Å². The van der Waals surface area contributed by atoms with Gasteiger partial charge in [0.1, 0.15) is 11.2 Å². The molecule has 0 N–H and O–H groups in total. The SMILES string of the molecule is c1cc(-c2ccc3oc4ccc(-n5c6ccccc6c6cc(-n7c8ccccc8c8ccccc87)ccc65)cc4c3c2)cc(-n2c3ccccc3n3c4ccccc4nc23)c1. The maximum absolute atomic E-state index is 6.50. The molecule has 14 rings (SSSR count). The van der Waals surface area contributed by atoms with Crippen LogP contribution in [0.1, 0.15) is 0 Å². The monoisotopic (exact) mass is 779 g/mol. The van der Waals surface area contributed by atoms with Gasteiger partial charge in [-0.05, 0) is 114 Å². The van der Waals surface area contributed by atoms with Gasteiger partial charge in [-0.15, -0.1) is 0 Å². The number of fused-ring (bicyclic) bond motifs is 14. The Balaban J connectivity index is 0.916. The summed E-state index contributed by atoms with van der Waals surface area (Å²) in [5.41, 5.74) is 16.3. The van der Waals surface area contributed by atoms with Crippen LogP contribution >= 0.6 is 0 Å². The second-order valence-electron chi connectivity index (χ2n) is 16.0. The summed E-state index contributed by atoms with van der Waals surface area (Å²) in [7, 11) is 0. The van der Waals surface area contributed by atoms with E-state index >= 15 is 0 Å². The highest BCUT2D eigenvalue weighted by Crippen LogP contribution is 2.40. The number of nitrogens with zero attached hydrogens (tertiary/aromatic N) is 5. The average molecular weight is 780 g/mol. The molecular formula is C55H33N5O. The van der Waals surface area contributed by atoms with Crippen molar-refractivity contribution in [1.29, 1.82) is 0 Å². The highest BCUT2D eigenvalue weighted by molar-refractivity contribution is 6.13. The third kappa shape index (κ3) is 4.53. The number of furan rings is 1. The Bertz CT molecular complexity index is 4080. The van der Waals surface area contributed by atoms with Crippen LogP contribution in [0.25, 0.3) is 122 Å². The molecule has 9 aromatic carbocycles. The third-order valence-electron chi connectivity index (χ3n) is 12.7. The minimum absolute atomic E-state index is 0.867. The molecule has 0 atom stereocenters. The van der Waals surface area contributed by atoms with Gasteiger partial charge in [-0.2, -0.15) is 0 Å². The molecule has 0 bridgehead atoms. The molecule has 6 nitrogen and oxygen atoms in total. The quantitative estimate of drug-likeness (QED) is 0.179. The van der Waals surface area contributed by atoms with E-state index in [1.807, 2.05) is 6.07 Å². The molecule has 61 heavy (non-hydrogen) atoms. The van der Waals surface area contributed by atoms with E-state index in [9.17, 15) is 0 Å². The zero-order valence-electron chi connectivity index (χ0n) is 32.7. The van der Waals surface area contributed by atoms with Gasteiger partial charge in [0.05, 0.1) is 44.1 Å². The fourth-order valence-electron chi connectivity index (χ4n) is 10.1. The maximum atomic E-state index is 6.50. The topological polar surface area (TPSA) is 45.2 Å². The predicted octanol–water partition coefficient (Wildman–Crippen LogP) is 14.2. The van der Waals surface area contributed by atoms with Crippen molar-refractivity contribution in [1.82, 2.24) is 23.1 Å². The minimum atomic E-state index is 0.867. The van der Waals surface area contributed by atoms with Gasteiger partial charge in [0.25, 0.3) is 0 Å². The first-order valence-electron chi connectivity index (χ1n) is 20.7. The molecule has 284 valence electrons. The fraction of sp³-hybridized carbons (Fsp3) is 0. The molecule has 14 aromatic rings. The Morgan fingerprint density at radius 1 is 0.311 bits per heavy atom. The Morgan fingerprint density at radius 2 is 0.820 bits per heavy atom. The average Bonchev–Trinajstić information content (AvgIpc) is 4.12. The number of para-hydroxylation sites is 7. The zero-order chi connectivity index (χ0) is 39.8. The van der Waals surface area contributed by atoms with Crippen LogP contribution in [0.3, 0.4) is 0 Å². The van der Waals surface area contributed by atoms with Crippen LogP contribution < -0.4 is 0 Å². The van der Waals surface area contributed by atoms with Crippen molar-refractivity contribution in [3.8, 4) is 28.2 Å². The molecule has 0 spiro atoms. The van der Waals surface area contributed by atoms with Crippen LogP contribution in [0.2, 0.25) is 0 Å². The Hall–Kier alpha value is -8.35. The molecule has 0 aliphatic rings. The van der Waals surface area contributed by atoms with E-state index in [0.29, 0.717) is 0 Å². The lowest BCUT2D eigenvalue weighted by molar-refractivity contribution is 0.669. The fourth-order valence-corrected chi connectivity index (χ4v) is 10.1. The summed E-state index contributed by atoms with van der Waals surface area (Å²) in [5.74, 6) is 0.899. The minimum Gasteiger partial charge on any atom is -0.456 e. The van der Waals surface area contributed by atoms with Crippen molar-refractivity contribution in [2.45, 2.75) is 0 Å². The van der Waals surface area contributed by atoms with Crippen molar-refractivity contribution in [3.63, 3.8) is 0 Å². The number of rotatable bonds is 4. The normalized spacial score (nSPS) is 12.3. The van der Waals surface area contributed by atoms with Gasteiger partial charge in [0.2, 0.25) is 5.78 Å². The summed E-state index contributed by atoms with van der Waals surface area (Å²) < 4.78 is 15.8. The summed E-state index contributed by atoms with van der Waals surface area (Å²) >= 11 is 0. The summed E-state index contributed by atoms with van der Waals surface area (Å²) in [6.45, 7) is 0. The van der Waals surface area contributed by atoms with Gasteiger partial charge in [0, 0.05) is 49.4 Å². The molecule has 0 aliphatic heterocycles. The van der Waals surface area contributed by atoms with Gasteiger partial charge < -0.3 is 13.6 Å². The van der Waals surface area contributed by atoms with Crippen LogP contribution in [0.5, 0.6) is 0 Å². The lowest BCUT2D eigenvalue weighted by Crippen LogP contribution is -1.95. The predicted molar refractivity (Wildman–Crippen MR) is 251 cm³/mol. The third-order valence-corrected chi connectivity index (χ3v) is 12.7. The standard InChI is InChI=1S/C55H33N5O/c1-5-18-46-39(14-1)40-15-2-6-19-47(40)57(46)37-25-27-49-42(32-37)41-16-3-7-20-48(41)58(49)38-26-29-54-44(33-38)43-31-35(24-28-53(43)61-54)34-12-11-13-36(30-34)59-51-22-9-10-23-52(51)60-50-21-8-4-17-45(50)56-55(59)60/h1-33H. The van der Waals surface area contributed by atoms with E-state index in [-0.39, 0.29) is 0 Å². The molecule has 0 saturated heterocycles. The Kier molecular flexibility index (Phi) is 6.46. The summed E-state index contributed by atoms with van der Waals surface area (Å²) in [5, 5.41) is 7.12. The van der Waals surface area contributed by atoms with Gasteiger partial charge in [-0.3, -0.25) is 8.97 Å². The lowest BCUT2D eigenvalue weighted by atomic mass is 10.0. The number of hydrogen-bond acceptors (Lipinski definition) is 2. The molecule has 5 heterocycles. The molecule has 0 aliphatic carbocycles. The highest BCUT2D eigenvalue weighted by Gasteiger charge is 2.20. The van der Waals surface area contributed by atoms with Crippen molar-refractivity contribution in [2.24, 2.45) is 0 Å². The molecule has 0 unspecified atom stereocenters. The highest BCUT2D eigenvalue weighted by atomic mass is 16.3. The maximum Gasteiger partial charge on any atom is 0.220 e. The summed E-state index contributed by atoms with van der Waals surface area (Å²) in [4.78, 5) is 5.11. The van der Waals surface area contributed by atoms with Crippen LogP contribution in [0, 0.1) is 0 Å². The van der Waals surface area contributed by atoms with Crippen LogP contribution in [-0.4, -0.2) is 23.1 Å². The van der Waals surface area contributed by atoms with Gasteiger partial charge in [0.15, 0.2) is 0 Å². The molecular weight excluding hydrogens is 747 g/mol. The van der Waals surface area contributed by atoms with Crippen LogP contribution in [-0.2, 0) is 0 Å². The Labute approximate surface area is 348 Å². The largest absolute Gasteiger partial charge is 0.456 e. The molecule has 0 saturated carbocycles. The molecule has 0 amide bonds. The van der Waals surface area contributed by atoms with E-state index in [1.165, 1.54) is 38.1 Å². The first kappa shape index (κ1) is 32.6. The second-order valence-corrected chi connectivity index (χ2v) is 16.0. The van der Waals surface area contributed by atoms with E-state index in [1.54, 1.807) is 0 Å². The number of benzene rings is 9. The van der Waals surface area contributed by atoms with E-state index < -0.39 is 0 Å². The van der Waals surface area contributed by atoms with Crippen molar-refractivity contribution in [2.75, 3.05) is 0 Å². The van der Waals surface area contributed by atoms with E-state index in [2.05, 4.69) is 212 Å². The van der Waals surface area contributed by atoms with Crippen LogP contribution in [0.4, 0.5) is 0 Å². The zero-order valence-corrected chi connectivity index (χ0v) is 32.7. The first-order valence-corrected chi connectivity index (χ1v) is 20.7. The van der Waals surface area contributed by atoms with Crippen LogP contribution in [0.15, 0.2) is 205 Å². The molecule has 6 heteroatoms. The Morgan fingerprint density at radius 3 is 1.54 bits per heavy atom. The van der Waals surface area contributed by atoms with Crippen molar-refractivity contribution < 1.29 is 4.42 Å². The first-order chi connectivity index (χ1) is 30.2. The van der Waals surface area contributed by atoms with Gasteiger partial charge >= 0.3 is 0 Å². The molecule has 5 aromatic heterocycles. The number of aromatic nitrogens is 5. The smallest absolute Gasteiger partial charge is 0.220 e. The van der Waals surface area contributed by atoms with E-state index in [4.69, 9.17) is 9.40 Å². The summed E-state index contributed by atoms with van der Waals surface area (Å²) in [6, 6.07) is 71.9. The van der Waals surface area contributed by atoms with E-state index in [0.717, 1.165) is 83.5 Å². The van der Waals surface area contributed by atoms with Gasteiger partial charge in [-0.25, -0.2) is 4.98 Å². The summed E-state index contributed by atoms with van der Waals surface area (Å²) in [6.07, 6.45) is 0. The second kappa shape index (κ2) is 12.1. The van der Waals surface area contributed by atoms with Crippen molar-refractivity contribution >= 4 is 93.4 Å². The number of hydrogen-bond donors (Lipinski definition) is 0. The molecule has 0 fully saturated rings.